The van der Waals surface area contributed by atoms with E-state index >= 15 is 0 Å². The second-order valence-corrected chi connectivity index (χ2v) is 3.34. The first-order valence-corrected chi connectivity index (χ1v) is 5.35. The van der Waals surface area contributed by atoms with E-state index < -0.39 is 0 Å². The molecule has 0 heterocycles. The van der Waals surface area contributed by atoms with Gasteiger partial charge in [-0.3, -0.25) is 0 Å². The second-order valence-electron chi connectivity index (χ2n) is 3.34. The van der Waals surface area contributed by atoms with E-state index in [4.69, 9.17) is 0 Å². The predicted molar refractivity (Wildman–Crippen MR) is 61.6 cm³/mol. The minimum atomic E-state index is 0. The normalized spacial score (nSPS) is 13.4. The number of carbonyl (C=O) groups excluding carboxylic acids is 1. The van der Waals surface area contributed by atoms with E-state index in [0.717, 1.165) is 5.57 Å². The molecule has 0 aromatic heterocycles. The molecule has 13 heavy (non-hydrogen) atoms. The fraction of sp³-hybridized carbons (Fsp3) is 0.833. The zero-order valence-electron chi connectivity index (χ0n) is 9.98. The van der Waals surface area contributed by atoms with E-state index in [1.54, 1.807) is 0 Å². The fourth-order valence-electron chi connectivity index (χ4n) is 1.23. The molecule has 0 N–H and O–H groups in total. The highest BCUT2D eigenvalue weighted by Gasteiger charge is 2.12. The fourth-order valence-corrected chi connectivity index (χ4v) is 1.23. The molecule has 1 nitrogen and oxygen atoms in total. The monoisotopic (exact) mass is 186 g/mol. The molecule has 1 heteroatoms. The molecule has 0 aromatic rings. The Bertz CT molecular complexity index is 160. The van der Waals surface area contributed by atoms with Crippen LogP contribution in [0.1, 0.15) is 55.8 Å². The summed E-state index contributed by atoms with van der Waals surface area (Å²) >= 11 is 0. The summed E-state index contributed by atoms with van der Waals surface area (Å²) in [6.07, 6.45) is 2.39. The number of allylic oxidation sites excluding steroid dienone is 1. The van der Waals surface area contributed by atoms with Crippen molar-refractivity contribution in [2.75, 3.05) is 0 Å². The summed E-state index contributed by atoms with van der Waals surface area (Å²) in [5, 5.41) is 0. The molecule has 0 bridgehead atoms. The SMILES string of the molecule is CC.CCCC(C)[C@@H](C)C(C)=C=O.[HH]. The molecular formula is C12H26O. The van der Waals surface area contributed by atoms with Crippen molar-refractivity contribution in [1.82, 2.24) is 0 Å². The third-order valence-electron chi connectivity index (χ3n) is 2.44. The van der Waals surface area contributed by atoms with Gasteiger partial charge in [-0.1, -0.05) is 47.5 Å². The first kappa shape index (κ1) is 14.9. The molecule has 0 aliphatic heterocycles. The average Bonchev–Trinajstić information content (AvgIpc) is 2.19. The summed E-state index contributed by atoms with van der Waals surface area (Å²) in [5.74, 6) is 2.98. The molecule has 0 spiro atoms. The summed E-state index contributed by atoms with van der Waals surface area (Å²) < 4.78 is 0. The van der Waals surface area contributed by atoms with Crippen LogP contribution in [0, 0.1) is 11.8 Å². The topological polar surface area (TPSA) is 17.1 Å². The maximum Gasteiger partial charge on any atom is 0.123 e. The lowest BCUT2D eigenvalue weighted by molar-refractivity contribution is 0.407. The van der Waals surface area contributed by atoms with Crippen LogP contribution in [0.4, 0.5) is 0 Å². The summed E-state index contributed by atoms with van der Waals surface area (Å²) in [4.78, 5) is 10.3. The first-order chi connectivity index (χ1) is 6.13. The van der Waals surface area contributed by atoms with Crippen LogP contribution in [0.15, 0.2) is 5.57 Å². The Kier molecular flexibility index (Phi) is 11.0. The van der Waals surface area contributed by atoms with Gasteiger partial charge in [0.25, 0.3) is 0 Å². The van der Waals surface area contributed by atoms with Crippen molar-refractivity contribution in [3.05, 3.63) is 5.57 Å². The van der Waals surface area contributed by atoms with Crippen LogP contribution in [0.2, 0.25) is 0 Å². The van der Waals surface area contributed by atoms with Crippen molar-refractivity contribution in [3.8, 4) is 0 Å². The van der Waals surface area contributed by atoms with Gasteiger partial charge in [-0.25, -0.2) is 4.79 Å². The van der Waals surface area contributed by atoms with Crippen LogP contribution in [-0.4, -0.2) is 5.94 Å². The van der Waals surface area contributed by atoms with E-state index in [0.29, 0.717) is 11.8 Å². The van der Waals surface area contributed by atoms with Crippen molar-refractivity contribution in [2.24, 2.45) is 11.8 Å². The van der Waals surface area contributed by atoms with Gasteiger partial charge in [-0.15, -0.1) is 0 Å². The van der Waals surface area contributed by atoms with Crippen molar-refractivity contribution in [1.29, 1.82) is 0 Å². The molecule has 0 radical (unpaired) electrons. The van der Waals surface area contributed by atoms with Crippen molar-refractivity contribution < 1.29 is 6.22 Å². The van der Waals surface area contributed by atoms with Crippen LogP contribution >= 0.6 is 0 Å². The Balaban J connectivity index is -0.000000376. The highest BCUT2D eigenvalue weighted by Crippen LogP contribution is 2.21. The Morgan fingerprint density at radius 1 is 1.38 bits per heavy atom. The minimum absolute atomic E-state index is 0. The minimum Gasteiger partial charge on any atom is -0.234 e. The Labute approximate surface area is 84.7 Å². The highest BCUT2D eigenvalue weighted by atomic mass is 16.1. The van der Waals surface area contributed by atoms with Gasteiger partial charge in [0.1, 0.15) is 5.94 Å². The summed E-state index contributed by atoms with van der Waals surface area (Å²) in [6.45, 7) is 12.3. The lowest BCUT2D eigenvalue weighted by atomic mass is 9.87. The molecule has 0 fully saturated rings. The zero-order valence-corrected chi connectivity index (χ0v) is 9.98. The largest absolute Gasteiger partial charge is 0.234 e. The van der Waals surface area contributed by atoms with Gasteiger partial charge in [0.05, 0.1) is 0 Å². The lowest BCUT2D eigenvalue weighted by Gasteiger charge is -2.17. The van der Waals surface area contributed by atoms with Crippen molar-refractivity contribution >= 4 is 5.94 Å². The van der Waals surface area contributed by atoms with Gasteiger partial charge < -0.3 is 0 Å². The van der Waals surface area contributed by atoms with Gasteiger partial charge in [0.15, 0.2) is 0 Å². The average molecular weight is 186 g/mol. The third kappa shape index (κ3) is 6.60. The van der Waals surface area contributed by atoms with E-state index in [1.807, 2.05) is 26.7 Å². The van der Waals surface area contributed by atoms with Crippen LogP contribution < -0.4 is 0 Å². The van der Waals surface area contributed by atoms with E-state index in [2.05, 4.69) is 20.8 Å². The molecular weight excluding hydrogens is 160 g/mol. The Morgan fingerprint density at radius 3 is 2.15 bits per heavy atom. The second kappa shape index (κ2) is 9.54. The smallest absolute Gasteiger partial charge is 0.123 e. The molecule has 0 amide bonds. The maximum absolute atomic E-state index is 10.3. The molecule has 0 aliphatic carbocycles. The van der Waals surface area contributed by atoms with Gasteiger partial charge in [-0.2, -0.15) is 0 Å². The van der Waals surface area contributed by atoms with Gasteiger partial charge in [-0.05, 0) is 18.8 Å². The molecule has 2 atom stereocenters. The molecule has 1 unspecified atom stereocenters. The molecule has 0 aromatic carbocycles. The quantitative estimate of drug-likeness (QED) is 0.604. The first-order valence-electron chi connectivity index (χ1n) is 5.35. The molecule has 0 rings (SSSR count). The summed E-state index contributed by atoms with van der Waals surface area (Å²) in [7, 11) is 0. The predicted octanol–water partition coefficient (Wildman–Crippen LogP) is 4.11. The maximum atomic E-state index is 10.3. The third-order valence-corrected chi connectivity index (χ3v) is 2.44. The zero-order chi connectivity index (χ0) is 10.9. The number of hydrogen-bond donors (Lipinski definition) is 0. The standard InChI is InChI=1S/C10H18O.C2H6.H2/c1-5-6-8(2)10(4)9(3)7-11;1-2;/h8,10H,5-6H2,1-4H3;1-2H3;1H/t8?,10-;;/m1../s1. The van der Waals surface area contributed by atoms with Gasteiger partial charge in [0.2, 0.25) is 0 Å². The Hall–Kier alpha value is -0.550. The van der Waals surface area contributed by atoms with Crippen molar-refractivity contribution in [2.45, 2.75) is 54.4 Å². The van der Waals surface area contributed by atoms with Crippen LogP contribution in [0.3, 0.4) is 0 Å². The van der Waals surface area contributed by atoms with Crippen LogP contribution in [-0.2, 0) is 4.79 Å². The number of rotatable bonds is 4. The van der Waals surface area contributed by atoms with Crippen LogP contribution in [0.5, 0.6) is 0 Å². The number of hydrogen-bond acceptors (Lipinski definition) is 1. The highest BCUT2D eigenvalue weighted by molar-refractivity contribution is 5.52. The van der Waals surface area contributed by atoms with E-state index in [1.165, 1.54) is 12.8 Å². The molecule has 0 saturated carbocycles. The van der Waals surface area contributed by atoms with Crippen LogP contribution in [0.25, 0.3) is 0 Å². The van der Waals surface area contributed by atoms with Gasteiger partial charge in [0, 0.05) is 7.00 Å². The molecule has 0 aliphatic rings. The van der Waals surface area contributed by atoms with E-state index in [-0.39, 0.29) is 1.43 Å². The lowest BCUT2D eigenvalue weighted by Crippen LogP contribution is -2.09. The Morgan fingerprint density at radius 2 is 1.85 bits per heavy atom. The molecule has 80 valence electrons. The van der Waals surface area contributed by atoms with E-state index in [9.17, 15) is 4.79 Å². The summed E-state index contributed by atoms with van der Waals surface area (Å²) in [6, 6.07) is 0. The molecule has 0 saturated heterocycles. The summed E-state index contributed by atoms with van der Waals surface area (Å²) in [5.41, 5.74) is 0.853. The van der Waals surface area contributed by atoms with Crippen molar-refractivity contribution in [3.63, 3.8) is 0 Å². The van der Waals surface area contributed by atoms with Gasteiger partial charge >= 0.3 is 0 Å².